The Morgan fingerprint density at radius 3 is 2.68 bits per heavy atom. The maximum atomic E-state index is 12.3. The van der Waals surface area contributed by atoms with Gasteiger partial charge in [0.2, 0.25) is 5.91 Å². The van der Waals surface area contributed by atoms with Gasteiger partial charge in [0, 0.05) is 26.2 Å². The average Bonchev–Trinajstić information content (AvgIpc) is 3.23. The largest absolute Gasteiger partial charge is 0.350 e. The van der Waals surface area contributed by atoms with E-state index in [1.165, 1.54) is 41.1 Å². The van der Waals surface area contributed by atoms with Gasteiger partial charge in [-0.2, -0.15) is 0 Å². The monoisotopic (exact) mass is 399 g/mol. The third-order valence-corrected chi connectivity index (χ3v) is 6.23. The fourth-order valence-corrected chi connectivity index (χ4v) is 4.34. The number of rotatable bonds is 7. The van der Waals surface area contributed by atoms with Crippen molar-refractivity contribution in [2.75, 3.05) is 20.1 Å². The molecule has 1 unspecified atom stereocenters. The summed E-state index contributed by atoms with van der Waals surface area (Å²) < 4.78 is 0. The topological polar surface area (TPSA) is 52.7 Å². The Morgan fingerprint density at radius 2 is 1.96 bits per heavy atom. The van der Waals surface area contributed by atoms with Crippen LogP contribution >= 0.6 is 11.3 Å². The lowest BCUT2D eigenvalue weighted by Crippen LogP contribution is -2.38. The van der Waals surface area contributed by atoms with Gasteiger partial charge in [-0.05, 0) is 48.9 Å². The lowest BCUT2D eigenvalue weighted by molar-refractivity contribution is -0.121. The van der Waals surface area contributed by atoms with Crippen LogP contribution in [0.4, 0.5) is 0 Å². The molecule has 6 heteroatoms. The number of carbonyl (C=O) groups excluding carboxylic acids is 2. The number of carbonyl (C=O) groups is 2. The molecule has 0 radical (unpaired) electrons. The van der Waals surface area contributed by atoms with Gasteiger partial charge in [0.15, 0.2) is 0 Å². The normalized spacial score (nSPS) is 17.3. The summed E-state index contributed by atoms with van der Waals surface area (Å²) in [7, 11) is 1.66. The van der Waals surface area contributed by atoms with E-state index < -0.39 is 0 Å². The van der Waals surface area contributed by atoms with E-state index in [1.54, 1.807) is 13.1 Å². The van der Waals surface area contributed by atoms with E-state index in [4.69, 9.17) is 0 Å². The second-order valence-corrected chi connectivity index (χ2v) is 8.45. The van der Waals surface area contributed by atoms with Crippen LogP contribution in [0.2, 0.25) is 0 Å². The van der Waals surface area contributed by atoms with Crippen LogP contribution < -0.4 is 5.32 Å². The Labute approximate surface area is 171 Å². The highest BCUT2D eigenvalue weighted by Crippen LogP contribution is 2.20. The first-order valence-electron chi connectivity index (χ1n) is 9.91. The van der Waals surface area contributed by atoms with Crippen LogP contribution in [0.5, 0.6) is 0 Å². The number of hydrogen-bond donors (Lipinski definition) is 1. The van der Waals surface area contributed by atoms with Crippen LogP contribution in [0.1, 0.15) is 47.0 Å². The van der Waals surface area contributed by atoms with Gasteiger partial charge in [0.05, 0.1) is 11.4 Å². The molecule has 1 aliphatic rings. The van der Waals surface area contributed by atoms with Gasteiger partial charge < -0.3 is 10.2 Å². The number of amides is 2. The number of nitrogens with one attached hydrogen (secondary N) is 1. The maximum Gasteiger partial charge on any atom is 0.264 e. The summed E-state index contributed by atoms with van der Waals surface area (Å²) in [6, 6.07) is 12.5. The third kappa shape index (κ3) is 5.42. The van der Waals surface area contributed by atoms with Crippen LogP contribution in [0.25, 0.3) is 0 Å². The highest BCUT2D eigenvalue weighted by Gasteiger charge is 2.19. The standard InChI is InChI=1S/C22H29N3O2S/c1-17-8-5-6-12-25(17)15-19-10-4-3-9-18(19)14-23-21(26)16-24(2)22(27)20-11-7-13-28-20/h3-4,7,9-11,13,17H,5-6,8,12,14-16H2,1-2H3,(H,23,26). The Morgan fingerprint density at radius 1 is 1.18 bits per heavy atom. The van der Waals surface area contributed by atoms with Crippen molar-refractivity contribution in [2.24, 2.45) is 0 Å². The number of piperidine rings is 1. The van der Waals surface area contributed by atoms with Crippen molar-refractivity contribution in [1.82, 2.24) is 15.1 Å². The Kier molecular flexibility index (Phi) is 7.23. The van der Waals surface area contributed by atoms with Gasteiger partial charge in [-0.15, -0.1) is 11.3 Å². The SMILES string of the molecule is CC1CCCCN1Cc1ccccc1CNC(=O)CN(C)C(=O)c1cccs1. The van der Waals surface area contributed by atoms with Crippen molar-refractivity contribution in [3.8, 4) is 0 Å². The van der Waals surface area contributed by atoms with E-state index in [1.807, 2.05) is 17.5 Å². The maximum absolute atomic E-state index is 12.3. The van der Waals surface area contributed by atoms with Crippen molar-refractivity contribution < 1.29 is 9.59 Å². The van der Waals surface area contributed by atoms with Gasteiger partial charge in [-0.3, -0.25) is 14.5 Å². The van der Waals surface area contributed by atoms with E-state index in [2.05, 4.69) is 35.3 Å². The van der Waals surface area contributed by atoms with E-state index in [-0.39, 0.29) is 18.4 Å². The second kappa shape index (κ2) is 9.85. The molecule has 0 aliphatic carbocycles. The van der Waals surface area contributed by atoms with E-state index in [9.17, 15) is 9.59 Å². The molecule has 1 aromatic heterocycles. The van der Waals surface area contributed by atoms with E-state index >= 15 is 0 Å². The molecule has 1 atom stereocenters. The zero-order valence-electron chi connectivity index (χ0n) is 16.7. The zero-order chi connectivity index (χ0) is 19.9. The molecule has 0 saturated carbocycles. The van der Waals surface area contributed by atoms with Crippen LogP contribution in [0.3, 0.4) is 0 Å². The van der Waals surface area contributed by atoms with Gasteiger partial charge in [-0.1, -0.05) is 36.8 Å². The van der Waals surface area contributed by atoms with Gasteiger partial charge in [-0.25, -0.2) is 0 Å². The molecule has 1 aliphatic heterocycles. The highest BCUT2D eigenvalue weighted by atomic mass is 32.1. The number of nitrogens with zero attached hydrogens (tertiary/aromatic N) is 2. The summed E-state index contributed by atoms with van der Waals surface area (Å²) in [6.45, 7) is 4.89. The molecule has 1 aromatic carbocycles. The quantitative estimate of drug-likeness (QED) is 0.775. The minimum Gasteiger partial charge on any atom is -0.350 e. The molecule has 150 valence electrons. The van der Waals surface area contributed by atoms with E-state index in [0.29, 0.717) is 17.5 Å². The van der Waals surface area contributed by atoms with Crippen LogP contribution in [-0.4, -0.2) is 47.8 Å². The predicted octanol–water partition coefficient (Wildman–Crippen LogP) is 3.51. The molecule has 0 bridgehead atoms. The van der Waals surface area contributed by atoms with Crippen LogP contribution in [-0.2, 0) is 17.9 Å². The lowest BCUT2D eigenvalue weighted by Gasteiger charge is -2.33. The summed E-state index contributed by atoms with van der Waals surface area (Å²) in [5.74, 6) is -0.266. The van der Waals surface area contributed by atoms with Crippen molar-refractivity contribution in [3.05, 3.63) is 57.8 Å². The average molecular weight is 400 g/mol. The molecule has 3 rings (SSSR count). The highest BCUT2D eigenvalue weighted by molar-refractivity contribution is 7.12. The van der Waals surface area contributed by atoms with Gasteiger partial charge >= 0.3 is 0 Å². The molecule has 2 amide bonds. The first-order chi connectivity index (χ1) is 13.5. The number of benzene rings is 1. The molecule has 1 fully saturated rings. The summed E-state index contributed by atoms with van der Waals surface area (Å²) in [5.41, 5.74) is 2.40. The van der Waals surface area contributed by atoms with Gasteiger partial charge in [0.25, 0.3) is 5.91 Å². The Bertz CT molecular complexity index is 791. The predicted molar refractivity (Wildman–Crippen MR) is 113 cm³/mol. The van der Waals surface area contributed by atoms with Crippen molar-refractivity contribution in [2.45, 2.75) is 45.3 Å². The summed E-state index contributed by atoms with van der Waals surface area (Å²) >= 11 is 1.39. The molecule has 28 heavy (non-hydrogen) atoms. The number of thiophene rings is 1. The molecule has 1 saturated heterocycles. The smallest absolute Gasteiger partial charge is 0.264 e. The fraction of sp³-hybridized carbons (Fsp3) is 0.455. The number of hydrogen-bond acceptors (Lipinski definition) is 4. The Balaban J connectivity index is 1.54. The first kappa shape index (κ1) is 20.6. The molecule has 0 spiro atoms. The third-order valence-electron chi connectivity index (χ3n) is 5.37. The number of likely N-dealkylation sites (N-methyl/N-ethyl adjacent to an activating group) is 1. The summed E-state index contributed by atoms with van der Waals surface area (Å²) in [6.07, 6.45) is 3.82. The second-order valence-electron chi connectivity index (χ2n) is 7.50. The summed E-state index contributed by atoms with van der Waals surface area (Å²) in [4.78, 5) is 29.3. The molecular formula is C22H29N3O2S. The van der Waals surface area contributed by atoms with Crippen LogP contribution in [0, 0.1) is 0 Å². The molecular weight excluding hydrogens is 370 g/mol. The molecule has 5 nitrogen and oxygen atoms in total. The minimum atomic E-state index is -0.145. The fourth-order valence-electron chi connectivity index (χ4n) is 3.62. The van der Waals surface area contributed by atoms with Crippen LogP contribution in [0.15, 0.2) is 41.8 Å². The zero-order valence-corrected chi connectivity index (χ0v) is 17.5. The Hall–Kier alpha value is -2.18. The van der Waals surface area contributed by atoms with Crippen molar-refractivity contribution >= 4 is 23.2 Å². The first-order valence-corrected chi connectivity index (χ1v) is 10.8. The van der Waals surface area contributed by atoms with E-state index in [0.717, 1.165) is 18.7 Å². The van der Waals surface area contributed by atoms with Gasteiger partial charge in [0.1, 0.15) is 0 Å². The molecule has 2 heterocycles. The molecule has 1 N–H and O–H groups in total. The number of likely N-dealkylation sites (tertiary alicyclic amines) is 1. The minimum absolute atomic E-state index is 0.0576. The lowest BCUT2D eigenvalue weighted by atomic mass is 10.0. The summed E-state index contributed by atoms with van der Waals surface area (Å²) in [5, 5.41) is 4.83. The van der Waals surface area contributed by atoms with Crippen molar-refractivity contribution in [1.29, 1.82) is 0 Å². The molecule has 2 aromatic rings. The van der Waals surface area contributed by atoms with Crippen molar-refractivity contribution in [3.63, 3.8) is 0 Å².